The lowest BCUT2D eigenvalue weighted by molar-refractivity contribution is 0.0771. The molecule has 2 aromatic rings. The maximum atomic E-state index is 12.4. The molecule has 1 amide bonds. The van der Waals surface area contributed by atoms with Crippen molar-refractivity contribution in [2.45, 2.75) is 26.9 Å². The zero-order valence-corrected chi connectivity index (χ0v) is 12.7. The first-order chi connectivity index (χ1) is 9.01. The third-order valence-corrected chi connectivity index (χ3v) is 3.23. The molecule has 0 saturated carbocycles. The summed E-state index contributed by atoms with van der Waals surface area (Å²) in [4.78, 5) is 18.2. The van der Waals surface area contributed by atoms with Gasteiger partial charge in [0, 0.05) is 24.3 Å². The second-order valence-electron chi connectivity index (χ2n) is 4.33. The van der Waals surface area contributed by atoms with Gasteiger partial charge in [-0.05, 0) is 35.8 Å². The number of aryl methyl sites for hydroxylation is 2. The van der Waals surface area contributed by atoms with E-state index in [4.69, 9.17) is 0 Å². The summed E-state index contributed by atoms with van der Waals surface area (Å²) in [5.74, 6) is 1.31. The topological polar surface area (TPSA) is 66.8 Å². The van der Waals surface area contributed by atoms with Gasteiger partial charge in [0.15, 0.2) is 5.82 Å². The summed E-state index contributed by atoms with van der Waals surface area (Å²) in [5.41, 5.74) is 0.657. The first kappa shape index (κ1) is 13.8. The largest absolute Gasteiger partial charge is 0.343 e. The van der Waals surface area contributed by atoms with Gasteiger partial charge in [-0.1, -0.05) is 0 Å². The molecule has 19 heavy (non-hydrogen) atoms. The molecule has 2 rings (SSSR count). The molecule has 0 aliphatic rings. The molecule has 102 valence electrons. The van der Waals surface area contributed by atoms with Gasteiger partial charge in [-0.15, -0.1) is 0 Å². The second kappa shape index (κ2) is 5.56. The summed E-state index contributed by atoms with van der Waals surface area (Å²) in [5, 5.41) is 6.80. The molecule has 0 spiro atoms. The number of hydrogen-bond acceptors (Lipinski definition) is 3. The van der Waals surface area contributed by atoms with Crippen LogP contribution in [0.2, 0.25) is 0 Å². The number of amides is 1. The lowest BCUT2D eigenvalue weighted by atomic mass is 10.3. The van der Waals surface area contributed by atoms with Crippen molar-refractivity contribution in [3.8, 4) is 0 Å². The summed E-state index contributed by atoms with van der Waals surface area (Å²) in [7, 11) is 1.74. The van der Waals surface area contributed by atoms with Crippen LogP contribution in [0.4, 0.5) is 0 Å². The molecule has 0 fully saturated rings. The lowest BCUT2D eigenvalue weighted by Gasteiger charge is -2.16. The number of nitrogens with zero attached hydrogens (tertiary/aromatic N) is 4. The summed E-state index contributed by atoms with van der Waals surface area (Å²) >= 11 is 3.39. The maximum Gasteiger partial charge on any atom is 0.270 e. The Hall–Kier alpha value is -1.63. The highest BCUT2D eigenvalue weighted by atomic mass is 79.9. The van der Waals surface area contributed by atoms with Gasteiger partial charge < -0.3 is 9.47 Å². The smallest absolute Gasteiger partial charge is 0.270 e. The molecule has 0 aliphatic carbocycles. The molecule has 0 unspecified atom stereocenters. The average Bonchev–Trinajstić information content (AvgIpc) is 2.94. The Balaban J connectivity index is 2.14. The minimum absolute atomic E-state index is 0.0463. The van der Waals surface area contributed by atoms with Crippen LogP contribution < -0.4 is 0 Å². The van der Waals surface area contributed by atoms with E-state index in [0.717, 1.165) is 16.8 Å². The lowest BCUT2D eigenvalue weighted by Crippen LogP contribution is -2.28. The molecule has 0 aromatic carbocycles. The first-order valence-electron chi connectivity index (χ1n) is 6.00. The van der Waals surface area contributed by atoms with Crippen LogP contribution >= 0.6 is 15.9 Å². The molecule has 1 N–H and O–H groups in total. The van der Waals surface area contributed by atoms with Crippen LogP contribution in [0.5, 0.6) is 0 Å². The van der Waals surface area contributed by atoms with E-state index in [-0.39, 0.29) is 5.91 Å². The van der Waals surface area contributed by atoms with Crippen LogP contribution in [-0.4, -0.2) is 37.6 Å². The number of hydrogen-bond donors (Lipinski definition) is 1. The van der Waals surface area contributed by atoms with Gasteiger partial charge in [0.25, 0.3) is 5.91 Å². The van der Waals surface area contributed by atoms with E-state index in [1.165, 1.54) is 0 Å². The molecule has 2 heterocycles. The fourth-order valence-corrected chi connectivity index (χ4v) is 2.32. The molecule has 0 atom stereocenters. The molecule has 0 bridgehead atoms. The number of carbonyl (C=O) groups is 1. The average molecular weight is 326 g/mol. The van der Waals surface area contributed by atoms with Crippen molar-refractivity contribution in [3.05, 3.63) is 34.1 Å². The number of rotatable bonds is 4. The molecule has 2 aromatic heterocycles. The van der Waals surface area contributed by atoms with Crippen LogP contribution in [-0.2, 0) is 13.1 Å². The van der Waals surface area contributed by atoms with Gasteiger partial charge >= 0.3 is 0 Å². The normalized spacial score (nSPS) is 10.7. The fourth-order valence-electron chi connectivity index (χ4n) is 1.85. The maximum absolute atomic E-state index is 12.4. The van der Waals surface area contributed by atoms with Crippen LogP contribution in [0.1, 0.15) is 29.1 Å². The van der Waals surface area contributed by atoms with Crippen molar-refractivity contribution in [2.24, 2.45) is 0 Å². The summed E-state index contributed by atoms with van der Waals surface area (Å²) in [6.07, 6.45) is 1.90. The highest BCUT2D eigenvalue weighted by Gasteiger charge is 2.18. The molecular weight excluding hydrogens is 310 g/mol. The Kier molecular flexibility index (Phi) is 4.04. The Morgan fingerprint density at radius 1 is 1.58 bits per heavy atom. The highest BCUT2D eigenvalue weighted by molar-refractivity contribution is 9.10. The van der Waals surface area contributed by atoms with Crippen molar-refractivity contribution >= 4 is 21.8 Å². The standard InChI is InChI=1S/C12H16BrN5O/c1-4-18-6-9(13)5-10(18)12(19)17(3)7-11-14-8(2)15-16-11/h5-6H,4,7H2,1-3H3,(H,14,15,16). The quantitative estimate of drug-likeness (QED) is 0.934. The molecule has 0 saturated heterocycles. The van der Waals surface area contributed by atoms with Crippen molar-refractivity contribution in [2.75, 3.05) is 7.05 Å². The Labute approximate surface area is 120 Å². The summed E-state index contributed by atoms with van der Waals surface area (Å²) in [6.45, 7) is 4.97. The van der Waals surface area contributed by atoms with Crippen LogP contribution in [0.3, 0.4) is 0 Å². The van der Waals surface area contributed by atoms with Gasteiger partial charge in [-0.2, -0.15) is 5.10 Å². The monoisotopic (exact) mass is 325 g/mol. The van der Waals surface area contributed by atoms with Gasteiger partial charge in [0.1, 0.15) is 11.5 Å². The predicted molar refractivity (Wildman–Crippen MR) is 74.7 cm³/mol. The Bertz CT molecular complexity index is 589. The van der Waals surface area contributed by atoms with Crippen LogP contribution in [0, 0.1) is 6.92 Å². The first-order valence-corrected chi connectivity index (χ1v) is 6.79. The van der Waals surface area contributed by atoms with Gasteiger partial charge in [0.2, 0.25) is 0 Å². The summed E-state index contributed by atoms with van der Waals surface area (Å²) < 4.78 is 2.81. The van der Waals surface area contributed by atoms with E-state index >= 15 is 0 Å². The fraction of sp³-hybridized carbons (Fsp3) is 0.417. The van der Waals surface area contributed by atoms with E-state index in [1.807, 2.05) is 30.7 Å². The van der Waals surface area contributed by atoms with E-state index < -0.39 is 0 Å². The number of carbonyl (C=O) groups excluding carboxylic acids is 1. The van der Waals surface area contributed by atoms with Crippen LogP contribution in [0.25, 0.3) is 0 Å². The number of H-pyrrole nitrogens is 1. The minimum Gasteiger partial charge on any atom is -0.343 e. The van der Waals surface area contributed by atoms with E-state index in [1.54, 1.807) is 11.9 Å². The Morgan fingerprint density at radius 2 is 2.32 bits per heavy atom. The molecule has 6 nitrogen and oxygen atoms in total. The molecule has 0 radical (unpaired) electrons. The number of halogens is 1. The van der Waals surface area contributed by atoms with Crippen LogP contribution in [0.15, 0.2) is 16.7 Å². The zero-order chi connectivity index (χ0) is 14.0. The number of aromatic amines is 1. The van der Waals surface area contributed by atoms with Crippen molar-refractivity contribution in [1.82, 2.24) is 24.6 Å². The highest BCUT2D eigenvalue weighted by Crippen LogP contribution is 2.16. The number of nitrogens with one attached hydrogen (secondary N) is 1. The van der Waals surface area contributed by atoms with Gasteiger partial charge in [-0.3, -0.25) is 9.89 Å². The summed E-state index contributed by atoms with van der Waals surface area (Å²) in [6, 6.07) is 1.82. The van der Waals surface area contributed by atoms with Gasteiger partial charge in [0.05, 0.1) is 6.54 Å². The van der Waals surface area contributed by atoms with Crippen molar-refractivity contribution in [3.63, 3.8) is 0 Å². The van der Waals surface area contributed by atoms with E-state index in [0.29, 0.717) is 18.1 Å². The molecular formula is C12H16BrN5O. The van der Waals surface area contributed by atoms with E-state index in [2.05, 4.69) is 31.1 Å². The SMILES string of the molecule is CCn1cc(Br)cc1C(=O)N(C)Cc1n[nH]c(C)n1. The molecule has 0 aliphatic heterocycles. The van der Waals surface area contributed by atoms with Crippen molar-refractivity contribution in [1.29, 1.82) is 0 Å². The Morgan fingerprint density at radius 3 is 2.89 bits per heavy atom. The molecule has 7 heteroatoms. The van der Waals surface area contributed by atoms with Gasteiger partial charge in [-0.25, -0.2) is 4.98 Å². The van der Waals surface area contributed by atoms with Crippen molar-refractivity contribution < 1.29 is 4.79 Å². The third-order valence-electron chi connectivity index (χ3n) is 2.79. The number of aromatic nitrogens is 4. The van der Waals surface area contributed by atoms with E-state index in [9.17, 15) is 4.79 Å². The third kappa shape index (κ3) is 3.04. The second-order valence-corrected chi connectivity index (χ2v) is 5.24. The predicted octanol–water partition coefficient (Wildman–Crippen LogP) is 1.97. The zero-order valence-electron chi connectivity index (χ0n) is 11.1. The minimum atomic E-state index is -0.0463.